The molecule has 0 amide bonds. The van der Waals surface area contributed by atoms with Crippen LogP contribution in [0.2, 0.25) is 0 Å². The van der Waals surface area contributed by atoms with Gasteiger partial charge >= 0.3 is 12.3 Å². The second-order valence-electron chi connectivity index (χ2n) is 2.90. The minimum Gasteiger partial charge on any atom is -0.496 e. The number of alkyl halides is 3. The first-order valence-corrected chi connectivity index (χ1v) is 5.39. The van der Waals surface area contributed by atoms with E-state index in [-0.39, 0.29) is 11.3 Å². The Balaban J connectivity index is 0.00000154. The van der Waals surface area contributed by atoms with Crippen molar-refractivity contribution in [1.29, 1.82) is 0 Å². The minimum absolute atomic E-state index is 0.0181. The molecule has 0 aliphatic carbocycles. The van der Waals surface area contributed by atoms with Crippen LogP contribution < -0.4 is 9.47 Å². The van der Waals surface area contributed by atoms with Crippen molar-refractivity contribution in [3.8, 4) is 11.5 Å². The quantitative estimate of drug-likeness (QED) is 0.796. The summed E-state index contributed by atoms with van der Waals surface area (Å²) in [5, 5.41) is 0. The lowest BCUT2D eigenvalue weighted by atomic mass is 10.2. The fraction of sp³-hybridized carbons (Fsp3) is 0.417. The summed E-state index contributed by atoms with van der Waals surface area (Å²) in [7, 11) is 2.38. The molecule has 0 bridgehead atoms. The van der Waals surface area contributed by atoms with E-state index >= 15 is 0 Å². The SMILES string of the molecule is CC.COC(=O)c1ccc(OC(F)(F)F)cc1OC. The summed E-state index contributed by atoms with van der Waals surface area (Å²) in [6.45, 7) is 4.00. The van der Waals surface area contributed by atoms with E-state index in [4.69, 9.17) is 4.74 Å². The predicted octanol–water partition coefficient (Wildman–Crippen LogP) is 3.41. The lowest BCUT2D eigenvalue weighted by Gasteiger charge is -2.11. The highest BCUT2D eigenvalue weighted by Crippen LogP contribution is 2.29. The fourth-order valence-corrected chi connectivity index (χ4v) is 1.15. The van der Waals surface area contributed by atoms with Gasteiger partial charge < -0.3 is 14.2 Å². The van der Waals surface area contributed by atoms with Crippen molar-refractivity contribution in [2.75, 3.05) is 14.2 Å². The maximum atomic E-state index is 11.9. The van der Waals surface area contributed by atoms with Crippen LogP contribution in [-0.4, -0.2) is 26.6 Å². The number of carbonyl (C=O) groups excluding carboxylic acids is 1. The second kappa shape index (κ2) is 7.50. The van der Waals surface area contributed by atoms with Crippen molar-refractivity contribution >= 4 is 5.97 Å². The number of hydrogen-bond donors (Lipinski definition) is 0. The summed E-state index contributed by atoms with van der Waals surface area (Å²) in [6.07, 6.45) is -4.79. The van der Waals surface area contributed by atoms with Gasteiger partial charge in [-0.05, 0) is 12.1 Å². The summed E-state index contributed by atoms with van der Waals surface area (Å²) in [6, 6.07) is 3.09. The van der Waals surface area contributed by atoms with Gasteiger partial charge in [0.2, 0.25) is 0 Å². The number of ether oxygens (including phenoxy) is 3. The molecule has 19 heavy (non-hydrogen) atoms. The van der Waals surface area contributed by atoms with E-state index in [0.29, 0.717) is 0 Å². The number of carbonyl (C=O) groups is 1. The van der Waals surface area contributed by atoms with Crippen LogP contribution in [0, 0.1) is 0 Å². The molecule has 0 aliphatic rings. The van der Waals surface area contributed by atoms with Crippen LogP contribution in [0.25, 0.3) is 0 Å². The van der Waals surface area contributed by atoms with Crippen LogP contribution >= 0.6 is 0 Å². The molecule has 1 rings (SSSR count). The Morgan fingerprint density at radius 2 is 1.74 bits per heavy atom. The molecule has 0 spiro atoms. The Kier molecular flexibility index (Phi) is 6.74. The molecule has 0 radical (unpaired) electrons. The highest BCUT2D eigenvalue weighted by Gasteiger charge is 2.31. The Labute approximate surface area is 109 Å². The third kappa shape index (κ3) is 5.50. The second-order valence-corrected chi connectivity index (χ2v) is 2.90. The Morgan fingerprint density at radius 1 is 1.16 bits per heavy atom. The fourth-order valence-electron chi connectivity index (χ4n) is 1.15. The summed E-state index contributed by atoms with van der Waals surface area (Å²) in [5.41, 5.74) is 0.0181. The molecule has 0 atom stereocenters. The summed E-state index contributed by atoms with van der Waals surface area (Å²) >= 11 is 0. The molecule has 0 fully saturated rings. The zero-order chi connectivity index (χ0) is 15.1. The molecule has 1 aromatic carbocycles. The Hall–Kier alpha value is -1.92. The van der Waals surface area contributed by atoms with E-state index in [2.05, 4.69) is 9.47 Å². The number of hydrogen-bond acceptors (Lipinski definition) is 4. The van der Waals surface area contributed by atoms with Gasteiger partial charge in [-0.15, -0.1) is 13.2 Å². The smallest absolute Gasteiger partial charge is 0.496 e. The van der Waals surface area contributed by atoms with Crippen LogP contribution in [0.15, 0.2) is 18.2 Å². The highest BCUT2D eigenvalue weighted by atomic mass is 19.4. The molecule has 0 unspecified atom stereocenters. The molecular weight excluding hydrogens is 265 g/mol. The normalized spacial score (nSPS) is 10.1. The van der Waals surface area contributed by atoms with Gasteiger partial charge in [0, 0.05) is 6.07 Å². The summed E-state index contributed by atoms with van der Waals surface area (Å²) in [4.78, 5) is 11.2. The van der Waals surface area contributed by atoms with E-state index in [9.17, 15) is 18.0 Å². The Morgan fingerprint density at radius 3 is 2.16 bits per heavy atom. The van der Waals surface area contributed by atoms with Crippen molar-refractivity contribution in [2.24, 2.45) is 0 Å². The van der Waals surface area contributed by atoms with Crippen molar-refractivity contribution in [1.82, 2.24) is 0 Å². The Bertz CT molecular complexity index is 416. The molecule has 4 nitrogen and oxygen atoms in total. The van der Waals surface area contributed by atoms with Crippen molar-refractivity contribution in [3.63, 3.8) is 0 Å². The average Bonchev–Trinajstić information content (AvgIpc) is 2.38. The zero-order valence-corrected chi connectivity index (χ0v) is 11.0. The molecule has 108 valence electrons. The van der Waals surface area contributed by atoms with E-state index in [0.717, 1.165) is 25.3 Å². The van der Waals surface area contributed by atoms with Gasteiger partial charge in [-0.25, -0.2) is 4.79 Å². The van der Waals surface area contributed by atoms with Gasteiger partial charge in [-0.1, -0.05) is 13.8 Å². The number of methoxy groups -OCH3 is 2. The largest absolute Gasteiger partial charge is 0.573 e. The third-order valence-corrected chi connectivity index (χ3v) is 1.81. The first kappa shape index (κ1) is 17.1. The molecule has 0 saturated carbocycles. The summed E-state index contributed by atoms with van der Waals surface area (Å²) in [5.74, 6) is -1.24. The molecule has 0 N–H and O–H groups in total. The number of rotatable bonds is 3. The van der Waals surface area contributed by atoms with Crippen molar-refractivity contribution in [2.45, 2.75) is 20.2 Å². The highest BCUT2D eigenvalue weighted by molar-refractivity contribution is 5.92. The van der Waals surface area contributed by atoms with Crippen LogP contribution in [0.5, 0.6) is 11.5 Å². The van der Waals surface area contributed by atoms with Gasteiger partial charge in [0.15, 0.2) is 0 Å². The van der Waals surface area contributed by atoms with Crippen LogP contribution in [0.4, 0.5) is 13.2 Å². The van der Waals surface area contributed by atoms with Gasteiger partial charge in [0.05, 0.1) is 14.2 Å². The monoisotopic (exact) mass is 280 g/mol. The molecule has 0 saturated heterocycles. The van der Waals surface area contributed by atoms with E-state index < -0.39 is 18.1 Å². The van der Waals surface area contributed by atoms with Crippen molar-refractivity contribution in [3.05, 3.63) is 23.8 Å². The number of halogens is 3. The topological polar surface area (TPSA) is 44.8 Å². The van der Waals surface area contributed by atoms with Gasteiger partial charge in [-0.3, -0.25) is 0 Å². The first-order valence-electron chi connectivity index (χ1n) is 5.39. The zero-order valence-electron chi connectivity index (χ0n) is 11.0. The van der Waals surface area contributed by atoms with E-state index in [1.807, 2.05) is 13.8 Å². The number of benzene rings is 1. The first-order chi connectivity index (χ1) is 8.87. The van der Waals surface area contributed by atoms with E-state index in [1.165, 1.54) is 7.11 Å². The lowest BCUT2D eigenvalue weighted by molar-refractivity contribution is -0.274. The molecule has 0 aliphatic heterocycles. The van der Waals surface area contributed by atoms with E-state index in [1.54, 1.807) is 0 Å². The molecule has 7 heteroatoms. The maximum Gasteiger partial charge on any atom is 0.573 e. The molecule has 1 aromatic rings. The summed E-state index contributed by atoms with van der Waals surface area (Å²) < 4.78 is 48.7. The molecular formula is C12H15F3O4. The van der Waals surface area contributed by atoms with Crippen LogP contribution in [0.3, 0.4) is 0 Å². The maximum absolute atomic E-state index is 11.9. The van der Waals surface area contributed by atoms with Gasteiger partial charge in [0.1, 0.15) is 17.1 Å². The van der Waals surface area contributed by atoms with Crippen LogP contribution in [-0.2, 0) is 4.74 Å². The minimum atomic E-state index is -4.79. The molecule has 0 aromatic heterocycles. The standard InChI is InChI=1S/C10H9F3O4.C2H6/c1-15-8-5-6(17-10(11,12)13)3-4-7(8)9(14)16-2;1-2/h3-5H,1-2H3;1-2H3. The number of esters is 1. The average molecular weight is 280 g/mol. The predicted molar refractivity (Wildman–Crippen MR) is 62.4 cm³/mol. The van der Waals surface area contributed by atoms with Crippen LogP contribution in [0.1, 0.15) is 24.2 Å². The van der Waals surface area contributed by atoms with Crippen molar-refractivity contribution < 1.29 is 32.2 Å². The third-order valence-electron chi connectivity index (χ3n) is 1.81. The van der Waals surface area contributed by atoms with Gasteiger partial charge in [0.25, 0.3) is 0 Å². The van der Waals surface area contributed by atoms with Gasteiger partial charge in [-0.2, -0.15) is 0 Å². The molecule has 0 heterocycles. The lowest BCUT2D eigenvalue weighted by Crippen LogP contribution is -2.17.